The van der Waals surface area contributed by atoms with Crippen LogP contribution in [0.1, 0.15) is 37.0 Å². The number of halogens is 1. The summed E-state index contributed by atoms with van der Waals surface area (Å²) in [4.78, 5) is 28.5. The van der Waals surface area contributed by atoms with Crippen LogP contribution in [0.25, 0.3) is 0 Å². The highest BCUT2D eigenvalue weighted by Gasteiger charge is 2.33. The zero-order valence-electron chi connectivity index (χ0n) is 22.1. The molecule has 0 fully saturated rings. The molecule has 1 atom stereocenters. The van der Waals surface area contributed by atoms with Crippen LogP contribution >= 0.6 is 11.6 Å². The van der Waals surface area contributed by atoms with Crippen molar-refractivity contribution in [2.24, 2.45) is 0 Å². The van der Waals surface area contributed by atoms with Crippen LogP contribution in [0, 0.1) is 13.8 Å². The molecule has 0 aliphatic carbocycles. The Hall–Kier alpha value is -3.36. The topological polar surface area (TPSA) is 86.8 Å². The van der Waals surface area contributed by atoms with Crippen LogP contribution in [0.3, 0.4) is 0 Å². The van der Waals surface area contributed by atoms with Gasteiger partial charge in [-0.15, -0.1) is 0 Å². The first kappa shape index (κ1) is 29.2. The maximum Gasteiger partial charge on any atom is 0.264 e. The molecule has 0 heterocycles. The van der Waals surface area contributed by atoms with Crippen LogP contribution in [0.5, 0.6) is 0 Å². The van der Waals surface area contributed by atoms with E-state index in [0.717, 1.165) is 21.0 Å². The third-order valence-electron chi connectivity index (χ3n) is 6.11. The summed E-state index contributed by atoms with van der Waals surface area (Å²) in [5.41, 5.74) is 2.89. The molecule has 0 saturated heterocycles. The molecular weight excluding hydrogens is 522 g/mol. The number of hydrogen-bond donors (Lipinski definition) is 1. The molecule has 0 aromatic heterocycles. The van der Waals surface area contributed by atoms with Crippen molar-refractivity contribution in [2.45, 2.75) is 51.6 Å². The molecule has 38 heavy (non-hydrogen) atoms. The Kier molecular flexibility index (Phi) is 9.94. The van der Waals surface area contributed by atoms with Crippen LogP contribution in [0.4, 0.5) is 5.69 Å². The highest BCUT2D eigenvalue weighted by atomic mass is 35.5. The summed E-state index contributed by atoms with van der Waals surface area (Å²) in [5, 5.41) is 3.35. The van der Waals surface area contributed by atoms with Crippen molar-refractivity contribution >= 4 is 39.1 Å². The summed E-state index contributed by atoms with van der Waals surface area (Å²) >= 11 is 6.04. The standard InChI is InChI=1S/C29H34ClN3O4S/c1-5-27(29(35)31-6-2)32(19-23-12-14-24(30)15-13-23)28(34)20-33(25-17-21(3)16-22(4)18-25)38(36,37)26-10-8-7-9-11-26/h7-18,27H,5-6,19-20H2,1-4H3,(H,31,35)/t27-/m0/s1. The maximum atomic E-state index is 14.0. The van der Waals surface area contributed by atoms with E-state index in [1.165, 1.54) is 17.0 Å². The number of carbonyl (C=O) groups is 2. The van der Waals surface area contributed by atoms with Gasteiger partial charge in [0.1, 0.15) is 12.6 Å². The smallest absolute Gasteiger partial charge is 0.264 e. The molecule has 0 radical (unpaired) electrons. The van der Waals surface area contributed by atoms with Gasteiger partial charge in [-0.05, 0) is 80.3 Å². The highest BCUT2D eigenvalue weighted by molar-refractivity contribution is 7.92. The van der Waals surface area contributed by atoms with Gasteiger partial charge in [0.25, 0.3) is 10.0 Å². The van der Waals surface area contributed by atoms with Gasteiger partial charge < -0.3 is 10.2 Å². The summed E-state index contributed by atoms with van der Waals surface area (Å²) in [6.45, 7) is 7.45. The Labute approximate surface area is 230 Å². The molecule has 0 aliphatic heterocycles. The minimum atomic E-state index is -4.09. The van der Waals surface area contributed by atoms with Crippen molar-refractivity contribution < 1.29 is 18.0 Å². The van der Waals surface area contributed by atoms with E-state index in [0.29, 0.717) is 23.7 Å². The predicted molar refractivity (Wildman–Crippen MR) is 152 cm³/mol. The van der Waals surface area contributed by atoms with Crippen molar-refractivity contribution in [1.82, 2.24) is 10.2 Å². The number of nitrogens with zero attached hydrogens (tertiary/aromatic N) is 2. The van der Waals surface area contributed by atoms with Crippen molar-refractivity contribution in [1.29, 1.82) is 0 Å². The lowest BCUT2D eigenvalue weighted by molar-refractivity contribution is -0.140. The SMILES string of the molecule is CCNC(=O)[C@H](CC)N(Cc1ccc(Cl)cc1)C(=O)CN(c1cc(C)cc(C)c1)S(=O)(=O)c1ccccc1. The maximum absolute atomic E-state index is 14.0. The number of likely N-dealkylation sites (N-methyl/N-ethyl adjacent to an activating group) is 1. The molecule has 3 aromatic rings. The lowest BCUT2D eigenvalue weighted by atomic mass is 10.1. The number of benzene rings is 3. The Bertz CT molecular complexity index is 1340. The van der Waals surface area contributed by atoms with Crippen molar-refractivity contribution in [3.63, 3.8) is 0 Å². The van der Waals surface area contributed by atoms with Gasteiger partial charge in [-0.2, -0.15) is 0 Å². The molecule has 0 bridgehead atoms. The number of aryl methyl sites for hydroxylation is 2. The molecule has 9 heteroatoms. The molecule has 0 spiro atoms. The number of rotatable bonds is 11. The summed E-state index contributed by atoms with van der Waals surface area (Å²) in [5.74, 6) is -0.780. The highest BCUT2D eigenvalue weighted by Crippen LogP contribution is 2.27. The zero-order chi connectivity index (χ0) is 27.9. The van der Waals surface area contributed by atoms with Crippen molar-refractivity contribution in [2.75, 3.05) is 17.4 Å². The monoisotopic (exact) mass is 555 g/mol. The van der Waals surface area contributed by atoms with E-state index in [9.17, 15) is 18.0 Å². The van der Waals surface area contributed by atoms with Gasteiger partial charge in [-0.3, -0.25) is 13.9 Å². The Morgan fingerprint density at radius 1 is 0.921 bits per heavy atom. The third kappa shape index (κ3) is 7.14. The number of hydrogen-bond acceptors (Lipinski definition) is 4. The van der Waals surface area contributed by atoms with E-state index >= 15 is 0 Å². The van der Waals surface area contributed by atoms with Gasteiger partial charge in [0.15, 0.2) is 0 Å². The van der Waals surface area contributed by atoms with E-state index in [4.69, 9.17) is 11.6 Å². The molecule has 3 aromatic carbocycles. The second-order valence-electron chi connectivity index (χ2n) is 9.14. The van der Waals surface area contributed by atoms with Crippen molar-refractivity contribution in [3.05, 3.63) is 94.5 Å². The lowest BCUT2D eigenvalue weighted by Gasteiger charge is -2.33. The first-order valence-electron chi connectivity index (χ1n) is 12.5. The Morgan fingerprint density at radius 3 is 2.08 bits per heavy atom. The van der Waals surface area contributed by atoms with Gasteiger partial charge in [-0.25, -0.2) is 8.42 Å². The molecule has 3 rings (SSSR count). The summed E-state index contributed by atoms with van der Waals surface area (Å²) in [6, 6.07) is 19.7. The number of nitrogens with one attached hydrogen (secondary N) is 1. The Morgan fingerprint density at radius 2 is 1.53 bits per heavy atom. The second-order valence-corrected chi connectivity index (χ2v) is 11.4. The van der Waals surface area contributed by atoms with Crippen LogP contribution in [-0.2, 0) is 26.2 Å². The summed E-state index contributed by atoms with van der Waals surface area (Å²) in [6.07, 6.45) is 0.361. The first-order valence-corrected chi connectivity index (χ1v) is 14.4. The van der Waals surface area contributed by atoms with E-state index in [1.54, 1.807) is 54.6 Å². The number of anilines is 1. The quantitative estimate of drug-likeness (QED) is 0.357. The van der Waals surface area contributed by atoms with Gasteiger partial charge >= 0.3 is 0 Å². The van der Waals surface area contributed by atoms with Crippen LogP contribution in [0.2, 0.25) is 5.02 Å². The fraction of sp³-hybridized carbons (Fsp3) is 0.310. The van der Waals surface area contributed by atoms with Crippen LogP contribution in [-0.4, -0.2) is 44.3 Å². The summed E-state index contributed by atoms with van der Waals surface area (Å²) < 4.78 is 28.8. The van der Waals surface area contributed by atoms with Crippen LogP contribution in [0.15, 0.2) is 77.7 Å². The van der Waals surface area contributed by atoms with E-state index in [1.807, 2.05) is 33.8 Å². The second kappa shape index (κ2) is 12.9. The molecule has 7 nitrogen and oxygen atoms in total. The lowest BCUT2D eigenvalue weighted by Crippen LogP contribution is -2.52. The number of sulfonamides is 1. The predicted octanol–water partition coefficient (Wildman–Crippen LogP) is 5.10. The average Bonchev–Trinajstić information content (AvgIpc) is 2.88. The van der Waals surface area contributed by atoms with Gasteiger partial charge in [0.05, 0.1) is 10.6 Å². The minimum Gasteiger partial charge on any atom is -0.355 e. The minimum absolute atomic E-state index is 0.0759. The molecule has 202 valence electrons. The van der Waals surface area contributed by atoms with E-state index in [-0.39, 0.29) is 17.3 Å². The zero-order valence-corrected chi connectivity index (χ0v) is 23.7. The fourth-order valence-corrected chi connectivity index (χ4v) is 5.89. The molecule has 1 N–H and O–H groups in total. The molecule has 0 unspecified atom stereocenters. The molecule has 0 aliphatic rings. The molecular formula is C29H34ClN3O4S. The van der Waals surface area contributed by atoms with Gasteiger partial charge in [0.2, 0.25) is 11.8 Å². The van der Waals surface area contributed by atoms with Gasteiger partial charge in [0, 0.05) is 18.1 Å². The Balaban J connectivity index is 2.07. The van der Waals surface area contributed by atoms with Gasteiger partial charge in [-0.1, -0.05) is 54.9 Å². The van der Waals surface area contributed by atoms with E-state index in [2.05, 4.69) is 5.32 Å². The number of carbonyl (C=O) groups excluding carboxylic acids is 2. The van der Waals surface area contributed by atoms with Crippen LogP contribution < -0.4 is 9.62 Å². The fourth-order valence-electron chi connectivity index (χ4n) is 4.34. The molecule has 0 saturated carbocycles. The average molecular weight is 556 g/mol. The number of amides is 2. The largest absolute Gasteiger partial charge is 0.355 e. The summed E-state index contributed by atoms with van der Waals surface area (Å²) in [7, 11) is -4.09. The first-order chi connectivity index (χ1) is 18.1. The normalized spacial score (nSPS) is 12.0. The van der Waals surface area contributed by atoms with E-state index < -0.39 is 28.5 Å². The molecule has 2 amide bonds. The third-order valence-corrected chi connectivity index (χ3v) is 8.15. The van der Waals surface area contributed by atoms with Crippen molar-refractivity contribution in [3.8, 4) is 0 Å².